The van der Waals surface area contributed by atoms with Crippen molar-refractivity contribution in [2.75, 3.05) is 52.2 Å². The number of likely N-dealkylation sites (tertiary alicyclic amines) is 1. The number of piperidine rings is 1. The van der Waals surface area contributed by atoms with Crippen LogP contribution in [0, 0.1) is 0 Å². The number of hydrogen-bond acceptors (Lipinski definition) is 4. The molecule has 4 heteroatoms. The molecule has 1 N–H and O–H groups in total. The van der Waals surface area contributed by atoms with E-state index in [1.165, 1.54) is 44.5 Å². The van der Waals surface area contributed by atoms with Crippen molar-refractivity contribution in [3.05, 3.63) is 23.8 Å². The molecule has 0 amide bonds. The largest absolute Gasteiger partial charge is 0.490 e. The first-order chi connectivity index (χ1) is 10.7. The van der Waals surface area contributed by atoms with Gasteiger partial charge in [0.15, 0.2) is 0 Å². The zero-order valence-electron chi connectivity index (χ0n) is 14.0. The smallest absolute Gasteiger partial charge is 0.142 e. The highest BCUT2D eigenvalue weighted by molar-refractivity contribution is 5.59. The van der Waals surface area contributed by atoms with E-state index in [9.17, 15) is 0 Å². The number of fused-ring (bicyclic) bond motifs is 1. The van der Waals surface area contributed by atoms with Crippen LogP contribution in [-0.2, 0) is 6.42 Å². The number of rotatable bonds is 5. The lowest BCUT2D eigenvalue weighted by Gasteiger charge is -2.35. The van der Waals surface area contributed by atoms with Gasteiger partial charge in [-0.1, -0.05) is 6.07 Å². The maximum absolute atomic E-state index is 5.63. The van der Waals surface area contributed by atoms with Crippen LogP contribution in [0.1, 0.15) is 24.8 Å². The summed E-state index contributed by atoms with van der Waals surface area (Å²) >= 11 is 0. The van der Waals surface area contributed by atoms with Gasteiger partial charge in [-0.15, -0.1) is 0 Å². The second kappa shape index (κ2) is 7.34. The van der Waals surface area contributed by atoms with Gasteiger partial charge in [-0.25, -0.2) is 0 Å². The fraction of sp³-hybridized carbons (Fsp3) is 0.667. The van der Waals surface area contributed by atoms with Gasteiger partial charge in [-0.05, 0) is 77.1 Å². The second-order valence-corrected chi connectivity index (χ2v) is 6.72. The zero-order chi connectivity index (χ0) is 15.4. The molecule has 122 valence electrons. The Morgan fingerprint density at radius 3 is 2.95 bits per heavy atom. The predicted octanol–water partition coefficient (Wildman–Crippen LogP) is 2.45. The summed E-state index contributed by atoms with van der Waals surface area (Å²) in [4.78, 5) is 5.00. The van der Waals surface area contributed by atoms with Gasteiger partial charge in [0.05, 0.1) is 5.69 Å². The van der Waals surface area contributed by atoms with E-state index in [2.05, 4.69) is 47.4 Å². The Morgan fingerprint density at radius 1 is 1.32 bits per heavy atom. The van der Waals surface area contributed by atoms with Crippen LogP contribution in [-0.4, -0.2) is 62.7 Å². The zero-order valence-corrected chi connectivity index (χ0v) is 14.0. The average Bonchev–Trinajstić information content (AvgIpc) is 2.55. The number of anilines is 1. The van der Waals surface area contributed by atoms with Crippen molar-refractivity contribution in [2.24, 2.45) is 0 Å². The minimum atomic E-state index is 0.772. The van der Waals surface area contributed by atoms with E-state index in [0.29, 0.717) is 0 Å². The van der Waals surface area contributed by atoms with Crippen LogP contribution in [0.2, 0.25) is 0 Å². The Kier molecular flexibility index (Phi) is 5.21. The van der Waals surface area contributed by atoms with Crippen LogP contribution in [0.25, 0.3) is 0 Å². The Hall–Kier alpha value is -1.26. The molecule has 0 spiro atoms. The molecular formula is C18H29N3O. The van der Waals surface area contributed by atoms with Gasteiger partial charge in [-0.3, -0.25) is 0 Å². The summed E-state index contributed by atoms with van der Waals surface area (Å²) in [6, 6.07) is 7.35. The Balaban J connectivity index is 1.44. The molecule has 1 aromatic rings. The Morgan fingerprint density at radius 2 is 2.14 bits per heavy atom. The first-order valence-electron chi connectivity index (χ1n) is 8.61. The van der Waals surface area contributed by atoms with E-state index in [0.717, 1.165) is 37.1 Å². The van der Waals surface area contributed by atoms with Gasteiger partial charge >= 0.3 is 0 Å². The highest BCUT2D eigenvalue weighted by Crippen LogP contribution is 2.28. The molecule has 0 aliphatic carbocycles. The number of ether oxygens (including phenoxy) is 1. The highest BCUT2D eigenvalue weighted by atomic mass is 16.5. The molecule has 2 aliphatic rings. The Labute approximate surface area is 134 Å². The minimum absolute atomic E-state index is 0.772. The fourth-order valence-corrected chi connectivity index (χ4v) is 3.49. The summed E-state index contributed by atoms with van der Waals surface area (Å²) in [7, 11) is 4.52. The molecule has 0 saturated carbocycles. The first-order valence-corrected chi connectivity index (χ1v) is 8.61. The number of nitrogens with zero attached hydrogens (tertiary/aromatic N) is 2. The third-order valence-corrected chi connectivity index (χ3v) is 5.01. The monoisotopic (exact) mass is 303 g/mol. The molecular weight excluding hydrogens is 274 g/mol. The summed E-state index contributed by atoms with van der Waals surface area (Å²) < 4.78 is 5.63. The summed E-state index contributed by atoms with van der Waals surface area (Å²) in [5.74, 6) is 0.999. The van der Waals surface area contributed by atoms with Crippen molar-refractivity contribution in [3.8, 4) is 5.75 Å². The van der Waals surface area contributed by atoms with Crippen molar-refractivity contribution in [1.82, 2.24) is 9.80 Å². The standard InChI is InChI=1S/C18H29N3O/c1-20-11-7-16(8-12-20)21(2)10-3-4-15-5-6-18-17(14-15)19-9-13-22-18/h5-6,14,16,19H,3-4,7-13H2,1-2H3. The van der Waals surface area contributed by atoms with Crippen LogP contribution in [0.3, 0.4) is 0 Å². The van der Waals surface area contributed by atoms with Gasteiger partial charge in [0.1, 0.15) is 12.4 Å². The molecule has 0 aromatic heterocycles. The molecule has 0 bridgehead atoms. The molecule has 3 rings (SSSR count). The molecule has 1 aromatic carbocycles. The first kappa shape index (κ1) is 15.6. The van der Waals surface area contributed by atoms with Crippen LogP contribution >= 0.6 is 0 Å². The van der Waals surface area contributed by atoms with Crippen LogP contribution in [0.5, 0.6) is 5.75 Å². The average molecular weight is 303 g/mol. The molecule has 1 saturated heterocycles. The molecule has 0 atom stereocenters. The van der Waals surface area contributed by atoms with Gasteiger partial charge in [0.25, 0.3) is 0 Å². The van der Waals surface area contributed by atoms with E-state index >= 15 is 0 Å². The molecule has 2 aliphatic heterocycles. The lowest BCUT2D eigenvalue weighted by Crippen LogP contribution is -2.42. The molecule has 22 heavy (non-hydrogen) atoms. The molecule has 2 heterocycles. The van der Waals surface area contributed by atoms with Crippen LogP contribution < -0.4 is 10.1 Å². The second-order valence-electron chi connectivity index (χ2n) is 6.72. The predicted molar refractivity (Wildman–Crippen MR) is 91.9 cm³/mol. The van der Waals surface area contributed by atoms with Crippen molar-refractivity contribution in [1.29, 1.82) is 0 Å². The molecule has 0 radical (unpaired) electrons. The van der Waals surface area contributed by atoms with E-state index in [-0.39, 0.29) is 0 Å². The topological polar surface area (TPSA) is 27.7 Å². The van der Waals surface area contributed by atoms with Crippen molar-refractivity contribution in [2.45, 2.75) is 31.7 Å². The van der Waals surface area contributed by atoms with Crippen molar-refractivity contribution < 1.29 is 4.74 Å². The van der Waals surface area contributed by atoms with Crippen LogP contribution in [0.4, 0.5) is 5.69 Å². The lowest BCUT2D eigenvalue weighted by atomic mass is 10.0. The van der Waals surface area contributed by atoms with Gasteiger partial charge in [0.2, 0.25) is 0 Å². The fourth-order valence-electron chi connectivity index (χ4n) is 3.49. The highest BCUT2D eigenvalue weighted by Gasteiger charge is 2.20. The molecule has 0 unspecified atom stereocenters. The summed E-state index contributed by atoms with van der Waals surface area (Å²) in [5, 5.41) is 3.42. The van der Waals surface area contributed by atoms with Gasteiger partial charge < -0.3 is 19.9 Å². The van der Waals surface area contributed by atoms with Gasteiger partial charge in [-0.2, -0.15) is 0 Å². The number of nitrogens with one attached hydrogen (secondary N) is 1. The third kappa shape index (κ3) is 3.93. The molecule has 4 nitrogen and oxygen atoms in total. The minimum Gasteiger partial charge on any atom is -0.490 e. The number of hydrogen-bond donors (Lipinski definition) is 1. The maximum Gasteiger partial charge on any atom is 0.142 e. The van der Waals surface area contributed by atoms with Crippen molar-refractivity contribution >= 4 is 5.69 Å². The quantitative estimate of drug-likeness (QED) is 0.904. The summed E-state index contributed by atoms with van der Waals surface area (Å²) in [5.41, 5.74) is 2.57. The number of benzene rings is 1. The lowest BCUT2D eigenvalue weighted by molar-refractivity contribution is 0.143. The van der Waals surface area contributed by atoms with Crippen LogP contribution in [0.15, 0.2) is 18.2 Å². The third-order valence-electron chi connectivity index (χ3n) is 5.01. The van der Waals surface area contributed by atoms with E-state index in [4.69, 9.17) is 4.74 Å². The number of aryl methyl sites for hydroxylation is 1. The normalized spacial score (nSPS) is 19.6. The van der Waals surface area contributed by atoms with E-state index < -0.39 is 0 Å². The van der Waals surface area contributed by atoms with Crippen molar-refractivity contribution in [3.63, 3.8) is 0 Å². The van der Waals surface area contributed by atoms with E-state index in [1.54, 1.807) is 0 Å². The Bertz CT molecular complexity index is 483. The summed E-state index contributed by atoms with van der Waals surface area (Å²) in [6.07, 6.45) is 4.99. The van der Waals surface area contributed by atoms with Gasteiger partial charge in [0, 0.05) is 12.6 Å². The molecule has 1 fully saturated rings. The summed E-state index contributed by atoms with van der Waals surface area (Å²) in [6.45, 7) is 5.36. The maximum atomic E-state index is 5.63. The SMILES string of the molecule is CN1CCC(N(C)CCCc2ccc3c(c2)NCCO3)CC1. The van der Waals surface area contributed by atoms with E-state index in [1.807, 2.05) is 0 Å².